The van der Waals surface area contributed by atoms with Crippen LogP contribution >= 0.6 is 0 Å². The van der Waals surface area contributed by atoms with E-state index >= 15 is 0 Å². The molecule has 4 rings (SSSR count). The van der Waals surface area contributed by atoms with E-state index in [1.54, 1.807) is 0 Å². The maximum absolute atomic E-state index is 12.6. The van der Waals surface area contributed by atoms with Crippen molar-refractivity contribution in [3.63, 3.8) is 0 Å². The predicted molar refractivity (Wildman–Crippen MR) is 95.1 cm³/mol. The molecule has 0 spiro atoms. The second-order valence-corrected chi connectivity index (χ2v) is 9.87. The maximum Gasteiger partial charge on any atom is 0.303 e. The van der Waals surface area contributed by atoms with Crippen LogP contribution in [0.2, 0.25) is 0 Å². The number of aliphatic hydroxyl groups is 2. The van der Waals surface area contributed by atoms with Crippen molar-refractivity contribution in [2.24, 2.45) is 28.6 Å². The van der Waals surface area contributed by atoms with Gasteiger partial charge in [-0.25, -0.2) is 0 Å². The summed E-state index contributed by atoms with van der Waals surface area (Å²) in [5.41, 5.74) is -1.82. The summed E-state index contributed by atoms with van der Waals surface area (Å²) in [6, 6.07) is 0. The van der Waals surface area contributed by atoms with Gasteiger partial charge in [-0.05, 0) is 56.3 Å². The van der Waals surface area contributed by atoms with E-state index in [0.717, 1.165) is 25.7 Å². The zero-order valence-electron chi connectivity index (χ0n) is 16.2. The number of Topliss-reactive ketones (excluding diaryl/α,β-unsaturated/α-hetero) is 1. The highest BCUT2D eigenvalue weighted by atomic mass is 16.6. The number of esters is 1. The molecule has 0 amide bonds. The summed E-state index contributed by atoms with van der Waals surface area (Å²) in [7, 11) is 0. The van der Waals surface area contributed by atoms with Gasteiger partial charge in [-0.3, -0.25) is 9.59 Å². The third-order valence-corrected chi connectivity index (χ3v) is 8.82. The van der Waals surface area contributed by atoms with Crippen molar-refractivity contribution in [3.05, 3.63) is 0 Å². The van der Waals surface area contributed by atoms with Crippen LogP contribution in [0.25, 0.3) is 0 Å². The third-order valence-electron chi connectivity index (χ3n) is 8.82. The first-order valence-corrected chi connectivity index (χ1v) is 10.2. The molecule has 146 valence electrons. The van der Waals surface area contributed by atoms with Gasteiger partial charge in [-0.15, -0.1) is 0 Å². The highest BCUT2D eigenvalue weighted by Gasteiger charge is 2.68. The number of hydrogen-bond donors (Lipinski definition) is 2. The Morgan fingerprint density at radius 1 is 1.15 bits per heavy atom. The number of fused-ring (bicyclic) bond motifs is 5. The van der Waals surface area contributed by atoms with E-state index in [-0.39, 0.29) is 23.2 Å². The zero-order chi connectivity index (χ0) is 18.9. The maximum atomic E-state index is 12.6. The molecule has 0 heterocycles. The number of carbonyl (C=O) groups is 2. The molecule has 0 saturated heterocycles. The van der Waals surface area contributed by atoms with Crippen molar-refractivity contribution in [1.29, 1.82) is 0 Å². The van der Waals surface area contributed by atoms with Crippen molar-refractivity contribution in [2.45, 2.75) is 89.9 Å². The zero-order valence-corrected chi connectivity index (χ0v) is 16.2. The van der Waals surface area contributed by atoms with Gasteiger partial charge in [0, 0.05) is 30.6 Å². The number of carbonyl (C=O) groups excluding carboxylic acids is 2. The van der Waals surface area contributed by atoms with Gasteiger partial charge in [0.2, 0.25) is 0 Å². The van der Waals surface area contributed by atoms with Crippen molar-refractivity contribution < 1.29 is 24.5 Å². The normalized spacial score (nSPS) is 53.4. The van der Waals surface area contributed by atoms with Crippen LogP contribution in [0.1, 0.15) is 72.1 Å². The van der Waals surface area contributed by atoms with Gasteiger partial charge in [0.25, 0.3) is 0 Å². The molecule has 5 nitrogen and oxygen atoms in total. The van der Waals surface area contributed by atoms with Gasteiger partial charge in [0.05, 0.1) is 6.10 Å². The van der Waals surface area contributed by atoms with E-state index in [9.17, 15) is 19.8 Å². The largest absolute Gasteiger partial charge is 0.459 e. The third kappa shape index (κ3) is 2.29. The Bertz CT molecular complexity index is 632. The topological polar surface area (TPSA) is 83.8 Å². The summed E-state index contributed by atoms with van der Waals surface area (Å²) in [6.07, 6.45) is 4.54. The summed E-state index contributed by atoms with van der Waals surface area (Å²) in [5, 5.41) is 22.0. The van der Waals surface area contributed by atoms with Crippen LogP contribution in [0.5, 0.6) is 0 Å². The van der Waals surface area contributed by atoms with Gasteiger partial charge in [0.1, 0.15) is 17.5 Å². The first kappa shape index (κ1) is 18.4. The van der Waals surface area contributed by atoms with E-state index in [1.807, 2.05) is 0 Å². The fourth-order valence-electron chi connectivity index (χ4n) is 7.35. The minimum atomic E-state index is -1.19. The molecule has 2 N–H and O–H groups in total. The van der Waals surface area contributed by atoms with Crippen molar-refractivity contribution >= 4 is 11.8 Å². The summed E-state index contributed by atoms with van der Waals surface area (Å²) in [5.74, 6) is 0.932. The Kier molecular flexibility index (Phi) is 4.09. The van der Waals surface area contributed by atoms with Gasteiger partial charge >= 0.3 is 5.97 Å². The molecule has 0 bridgehead atoms. The van der Waals surface area contributed by atoms with Gasteiger partial charge in [0.15, 0.2) is 0 Å². The molecule has 8 atom stereocenters. The van der Waals surface area contributed by atoms with E-state index in [2.05, 4.69) is 13.8 Å². The fraction of sp³-hybridized carbons (Fsp3) is 0.905. The van der Waals surface area contributed by atoms with E-state index in [4.69, 9.17) is 4.74 Å². The van der Waals surface area contributed by atoms with Gasteiger partial charge in [-0.1, -0.05) is 13.8 Å². The van der Waals surface area contributed by atoms with Crippen LogP contribution in [0, 0.1) is 28.6 Å². The minimum Gasteiger partial charge on any atom is -0.459 e. The van der Waals surface area contributed by atoms with Crippen molar-refractivity contribution in [2.75, 3.05) is 0 Å². The highest BCUT2D eigenvalue weighted by molar-refractivity contribution is 5.87. The lowest BCUT2D eigenvalue weighted by Crippen LogP contribution is -2.69. The summed E-state index contributed by atoms with van der Waals surface area (Å²) in [6.45, 7) is 5.64. The van der Waals surface area contributed by atoms with E-state index < -0.39 is 17.8 Å². The van der Waals surface area contributed by atoms with Crippen LogP contribution in [-0.4, -0.2) is 39.8 Å². The van der Waals surface area contributed by atoms with E-state index in [0.29, 0.717) is 42.8 Å². The highest BCUT2D eigenvalue weighted by Crippen LogP contribution is 2.66. The molecule has 26 heavy (non-hydrogen) atoms. The summed E-state index contributed by atoms with van der Waals surface area (Å²) in [4.78, 5) is 24.3. The lowest BCUT2D eigenvalue weighted by molar-refractivity contribution is -0.267. The molecule has 0 radical (unpaired) electrons. The number of ketones is 1. The first-order valence-electron chi connectivity index (χ1n) is 10.2. The fourth-order valence-corrected chi connectivity index (χ4v) is 7.35. The Balaban J connectivity index is 1.75. The lowest BCUT2D eigenvalue weighted by atomic mass is 9.43. The SMILES string of the molecule is CC(=O)O[C@H]1C[C@H]2[C@@H]3CCC(=O)[C@@]3(C)CC[C@@H]2[C@@]2(C)CC[C@H](O)C[C@]12O. The molecule has 0 aromatic heterocycles. The van der Waals surface area contributed by atoms with Crippen molar-refractivity contribution in [3.8, 4) is 0 Å². The molecule has 4 aliphatic carbocycles. The van der Waals surface area contributed by atoms with Gasteiger partial charge < -0.3 is 14.9 Å². The second-order valence-electron chi connectivity index (χ2n) is 9.87. The number of aliphatic hydroxyl groups excluding tert-OH is 1. The number of ether oxygens (including phenoxy) is 1. The molecule has 0 aromatic rings. The number of hydrogen-bond acceptors (Lipinski definition) is 5. The second kappa shape index (κ2) is 5.78. The molecule has 5 heteroatoms. The average Bonchev–Trinajstić information content (AvgIpc) is 2.85. The smallest absolute Gasteiger partial charge is 0.303 e. The Morgan fingerprint density at radius 2 is 1.88 bits per heavy atom. The standard InChI is InChI=1S/C21H32O5/c1-12(22)26-18-10-14-15-4-5-17(24)19(15,2)8-7-16(14)20(3)9-6-13(23)11-21(18,20)25/h13-16,18,23,25H,4-11H2,1-3H3/t13-,14-,15-,16-,18-,19-,20+,21-/m0/s1. The molecule has 0 aromatic carbocycles. The monoisotopic (exact) mass is 364 g/mol. The quantitative estimate of drug-likeness (QED) is 0.699. The Morgan fingerprint density at radius 3 is 2.58 bits per heavy atom. The molecule has 0 unspecified atom stereocenters. The molecule has 4 saturated carbocycles. The van der Waals surface area contributed by atoms with Gasteiger partial charge in [-0.2, -0.15) is 0 Å². The molecular weight excluding hydrogens is 332 g/mol. The molecule has 0 aliphatic heterocycles. The van der Waals surface area contributed by atoms with Crippen LogP contribution < -0.4 is 0 Å². The predicted octanol–water partition coefficient (Wildman–Crippen LogP) is 2.62. The van der Waals surface area contributed by atoms with Crippen LogP contribution in [0.4, 0.5) is 0 Å². The molecule has 4 fully saturated rings. The van der Waals surface area contributed by atoms with Crippen LogP contribution in [0.3, 0.4) is 0 Å². The minimum absolute atomic E-state index is 0.248. The first-order chi connectivity index (χ1) is 12.1. The summed E-state index contributed by atoms with van der Waals surface area (Å²) >= 11 is 0. The van der Waals surface area contributed by atoms with Crippen LogP contribution in [-0.2, 0) is 14.3 Å². The van der Waals surface area contributed by atoms with E-state index in [1.165, 1.54) is 6.92 Å². The Labute approximate surface area is 155 Å². The van der Waals surface area contributed by atoms with Crippen molar-refractivity contribution in [1.82, 2.24) is 0 Å². The summed E-state index contributed by atoms with van der Waals surface area (Å²) < 4.78 is 5.65. The average molecular weight is 364 g/mol. The molecule has 4 aliphatic rings. The number of rotatable bonds is 1. The van der Waals surface area contributed by atoms with Crippen LogP contribution in [0.15, 0.2) is 0 Å². The lowest BCUT2D eigenvalue weighted by Gasteiger charge is -2.65. The molecular formula is C21H32O5. The Hall–Kier alpha value is -0.940.